The van der Waals surface area contributed by atoms with Gasteiger partial charge >= 0.3 is 0 Å². The minimum absolute atomic E-state index is 0.0343. The van der Waals surface area contributed by atoms with Crippen LogP contribution < -0.4 is 11.1 Å². The van der Waals surface area contributed by atoms with Crippen LogP contribution in [0.1, 0.15) is 26.7 Å². The molecule has 1 heterocycles. The summed E-state index contributed by atoms with van der Waals surface area (Å²) < 4.78 is 0. The molecule has 0 aliphatic carbocycles. The van der Waals surface area contributed by atoms with Crippen molar-refractivity contribution in [3.8, 4) is 0 Å². The number of nitrogens with two attached hydrogens (primary N) is 1. The number of likely N-dealkylation sites (N-methyl/N-ethyl adjacent to an activating group) is 1. The van der Waals surface area contributed by atoms with Crippen molar-refractivity contribution in [2.45, 2.75) is 38.8 Å². The third-order valence-electron chi connectivity index (χ3n) is 2.71. The van der Waals surface area contributed by atoms with Crippen LogP contribution in [0.3, 0.4) is 0 Å². The summed E-state index contributed by atoms with van der Waals surface area (Å²) in [6.07, 6.45) is 2.24. The summed E-state index contributed by atoms with van der Waals surface area (Å²) in [6, 6.07) is -0.103. The van der Waals surface area contributed by atoms with Crippen molar-refractivity contribution in [3.63, 3.8) is 0 Å². The van der Waals surface area contributed by atoms with E-state index in [9.17, 15) is 4.79 Å². The number of hydrogen-bond donors (Lipinski definition) is 2. The molecule has 1 rings (SSSR count). The Bertz CT molecular complexity index is 194. The van der Waals surface area contributed by atoms with Crippen LogP contribution in [0.25, 0.3) is 0 Å². The fraction of sp³-hybridized carbons (Fsp3) is 0.900. The van der Waals surface area contributed by atoms with Crippen LogP contribution in [0, 0.1) is 0 Å². The molecule has 0 saturated carbocycles. The molecule has 4 heteroatoms. The van der Waals surface area contributed by atoms with Gasteiger partial charge in [-0.25, -0.2) is 0 Å². The van der Waals surface area contributed by atoms with Gasteiger partial charge in [0, 0.05) is 12.6 Å². The first-order valence-corrected chi connectivity index (χ1v) is 5.41. The van der Waals surface area contributed by atoms with Crippen LogP contribution in [0.5, 0.6) is 0 Å². The van der Waals surface area contributed by atoms with E-state index in [1.807, 2.05) is 0 Å². The number of hydrogen-bond acceptors (Lipinski definition) is 3. The van der Waals surface area contributed by atoms with Crippen LogP contribution in [0.4, 0.5) is 0 Å². The third kappa shape index (κ3) is 3.27. The van der Waals surface area contributed by atoms with Gasteiger partial charge in [0.05, 0.1) is 6.04 Å². The predicted octanol–water partition coefficient (Wildman–Crippen LogP) is -0.0659. The van der Waals surface area contributed by atoms with Gasteiger partial charge in [0.25, 0.3) is 0 Å². The molecule has 1 fully saturated rings. The van der Waals surface area contributed by atoms with Gasteiger partial charge in [-0.1, -0.05) is 6.92 Å². The Morgan fingerprint density at radius 2 is 2.43 bits per heavy atom. The van der Waals surface area contributed by atoms with Crippen molar-refractivity contribution in [3.05, 3.63) is 0 Å². The molecule has 1 saturated heterocycles. The van der Waals surface area contributed by atoms with E-state index >= 15 is 0 Å². The van der Waals surface area contributed by atoms with Crippen molar-refractivity contribution in [2.75, 3.05) is 19.6 Å². The summed E-state index contributed by atoms with van der Waals surface area (Å²) >= 11 is 0. The third-order valence-corrected chi connectivity index (χ3v) is 2.71. The molecule has 0 spiro atoms. The Morgan fingerprint density at radius 1 is 1.71 bits per heavy atom. The largest absolute Gasteiger partial charge is 0.351 e. The molecule has 0 aromatic carbocycles. The van der Waals surface area contributed by atoms with Gasteiger partial charge in [0.15, 0.2) is 0 Å². The molecular formula is C10H21N3O. The molecule has 1 amide bonds. The van der Waals surface area contributed by atoms with Gasteiger partial charge in [-0.15, -0.1) is 0 Å². The number of rotatable bonds is 3. The van der Waals surface area contributed by atoms with Crippen molar-refractivity contribution in [2.24, 2.45) is 5.73 Å². The van der Waals surface area contributed by atoms with E-state index in [2.05, 4.69) is 17.1 Å². The summed E-state index contributed by atoms with van der Waals surface area (Å²) in [7, 11) is 0. The molecule has 1 aliphatic rings. The Morgan fingerprint density at radius 3 is 3.00 bits per heavy atom. The fourth-order valence-electron chi connectivity index (χ4n) is 1.79. The number of nitrogens with one attached hydrogen (secondary N) is 1. The fourth-order valence-corrected chi connectivity index (χ4v) is 1.79. The van der Waals surface area contributed by atoms with E-state index in [0.717, 1.165) is 32.5 Å². The zero-order valence-corrected chi connectivity index (χ0v) is 9.12. The highest BCUT2D eigenvalue weighted by Gasteiger charge is 2.21. The molecule has 0 radical (unpaired) electrons. The topological polar surface area (TPSA) is 58.4 Å². The van der Waals surface area contributed by atoms with Gasteiger partial charge in [-0.3, -0.25) is 4.79 Å². The molecule has 1 unspecified atom stereocenters. The Balaban J connectivity index is 2.34. The van der Waals surface area contributed by atoms with Gasteiger partial charge < -0.3 is 16.0 Å². The molecule has 14 heavy (non-hydrogen) atoms. The van der Waals surface area contributed by atoms with Gasteiger partial charge in [0.2, 0.25) is 5.91 Å². The second-order valence-electron chi connectivity index (χ2n) is 4.03. The van der Waals surface area contributed by atoms with Crippen molar-refractivity contribution in [1.82, 2.24) is 10.2 Å². The molecule has 0 aromatic rings. The van der Waals surface area contributed by atoms with E-state index in [1.165, 1.54) is 0 Å². The normalized spacial score (nSPS) is 25.8. The number of piperidine rings is 1. The standard InChI is InChI=1S/C10H21N3O/c1-3-13-6-4-5-9(7-13)12-10(14)8(2)11/h8-9H,3-7,11H2,1-2H3,(H,12,14)/t8-,9?/m0/s1. The number of carbonyl (C=O) groups is 1. The minimum atomic E-state index is -0.396. The first kappa shape index (κ1) is 11.5. The second kappa shape index (κ2) is 5.32. The molecule has 3 N–H and O–H groups in total. The minimum Gasteiger partial charge on any atom is -0.351 e. The lowest BCUT2D eigenvalue weighted by Crippen LogP contribution is -2.51. The zero-order chi connectivity index (χ0) is 10.6. The lowest BCUT2D eigenvalue weighted by atomic mass is 10.1. The van der Waals surface area contributed by atoms with Crippen molar-refractivity contribution < 1.29 is 4.79 Å². The molecular weight excluding hydrogens is 178 g/mol. The molecule has 0 bridgehead atoms. The number of nitrogens with zero attached hydrogens (tertiary/aromatic N) is 1. The Kier molecular flexibility index (Phi) is 4.35. The highest BCUT2D eigenvalue weighted by atomic mass is 16.2. The van der Waals surface area contributed by atoms with E-state index in [1.54, 1.807) is 6.92 Å². The molecule has 1 aliphatic heterocycles. The SMILES string of the molecule is CCN1CCCC(NC(=O)[C@H](C)N)C1. The van der Waals surface area contributed by atoms with Gasteiger partial charge in [0.1, 0.15) is 0 Å². The Hall–Kier alpha value is -0.610. The zero-order valence-electron chi connectivity index (χ0n) is 9.12. The summed E-state index contributed by atoms with van der Waals surface area (Å²) in [5.41, 5.74) is 5.49. The highest BCUT2D eigenvalue weighted by Crippen LogP contribution is 2.09. The number of carbonyl (C=O) groups excluding carboxylic acids is 1. The van der Waals surface area contributed by atoms with E-state index in [4.69, 9.17) is 5.73 Å². The van der Waals surface area contributed by atoms with E-state index < -0.39 is 6.04 Å². The summed E-state index contributed by atoms with van der Waals surface area (Å²) in [5.74, 6) is -0.0343. The van der Waals surface area contributed by atoms with Crippen LogP contribution in [-0.2, 0) is 4.79 Å². The maximum absolute atomic E-state index is 11.4. The maximum atomic E-state index is 11.4. The average molecular weight is 199 g/mol. The quantitative estimate of drug-likeness (QED) is 0.669. The summed E-state index contributed by atoms with van der Waals surface area (Å²) in [4.78, 5) is 13.7. The number of amides is 1. The maximum Gasteiger partial charge on any atom is 0.236 e. The van der Waals surface area contributed by atoms with Crippen LogP contribution in [-0.4, -0.2) is 42.5 Å². The van der Waals surface area contributed by atoms with Gasteiger partial charge in [-0.2, -0.15) is 0 Å². The second-order valence-corrected chi connectivity index (χ2v) is 4.03. The van der Waals surface area contributed by atoms with Crippen LogP contribution in [0.2, 0.25) is 0 Å². The average Bonchev–Trinajstić information content (AvgIpc) is 2.18. The molecule has 2 atom stereocenters. The lowest BCUT2D eigenvalue weighted by molar-refractivity contribution is -0.123. The first-order valence-electron chi connectivity index (χ1n) is 5.41. The van der Waals surface area contributed by atoms with Crippen molar-refractivity contribution in [1.29, 1.82) is 0 Å². The summed E-state index contributed by atoms with van der Waals surface area (Å²) in [6.45, 7) is 7.05. The van der Waals surface area contributed by atoms with Crippen LogP contribution >= 0.6 is 0 Å². The molecule has 0 aromatic heterocycles. The molecule has 4 nitrogen and oxygen atoms in total. The highest BCUT2D eigenvalue weighted by molar-refractivity contribution is 5.81. The monoisotopic (exact) mass is 199 g/mol. The predicted molar refractivity (Wildman–Crippen MR) is 56.9 cm³/mol. The van der Waals surface area contributed by atoms with Gasteiger partial charge in [-0.05, 0) is 32.9 Å². The lowest BCUT2D eigenvalue weighted by Gasteiger charge is -2.32. The van der Waals surface area contributed by atoms with E-state index in [0.29, 0.717) is 6.04 Å². The first-order chi connectivity index (χ1) is 6.63. The smallest absolute Gasteiger partial charge is 0.236 e. The molecule has 82 valence electrons. The van der Waals surface area contributed by atoms with Crippen LogP contribution in [0.15, 0.2) is 0 Å². The summed E-state index contributed by atoms with van der Waals surface area (Å²) in [5, 5.41) is 2.98. The Labute approximate surface area is 85.8 Å². The number of likely N-dealkylation sites (tertiary alicyclic amines) is 1. The van der Waals surface area contributed by atoms with E-state index in [-0.39, 0.29) is 5.91 Å². The van der Waals surface area contributed by atoms with Crippen molar-refractivity contribution >= 4 is 5.91 Å².